The zero-order chi connectivity index (χ0) is 12.4. The van der Waals surface area contributed by atoms with E-state index in [1.165, 1.54) is 0 Å². The van der Waals surface area contributed by atoms with Gasteiger partial charge in [0.05, 0.1) is 6.10 Å². The lowest BCUT2D eigenvalue weighted by Crippen LogP contribution is -2.44. The normalized spacial score (nSPS) is 23.4. The standard InChI is InChI=1S/C12H17NO4/c1-7-8(3-11(17-7)12(14)15)6-13-9-4-10(5-9)16-2/h3,9-10,13H,4-6H2,1-2H3,(H,14,15). The first-order chi connectivity index (χ1) is 8.10. The highest BCUT2D eigenvalue weighted by molar-refractivity contribution is 5.84. The van der Waals surface area contributed by atoms with Crippen LogP contribution in [0.1, 0.15) is 34.7 Å². The molecule has 1 aliphatic rings. The highest BCUT2D eigenvalue weighted by Crippen LogP contribution is 2.23. The minimum absolute atomic E-state index is 0.00248. The number of nitrogens with one attached hydrogen (secondary N) is 1. The average Bonchev–Trinajstić information content (AvgIpc) is 2.58. The Morgan fingerprint density at radius 1 is 1.65 bits per heavy atom. The minimum atomic E-state index is -1.03. The van der Waals surface area contributed by atoms with Gasteiger partial charge in [0.2, 0.25) is 5.76 Å². The van der Waals surface area contributed by atoms with E-state index in [0.29, 0.717) is 24.5 Å². The molecule has 1 fully saturated rings. The van der Waals surface area contributed by atoms with Gasteiger partial charge in [-0.1, -0.05) is 0 Å². The number of furan rings is 1. The number of rotatable bonds is 5. The second-order valence-electron chi connectivity index (χ2n) is 4.40. The topological polar surface area (TPSA) is 71.7 Å². The largest absolute Gasteiger partial charge is 0.475 e. The third-order valence-electron chi connectivity index (χ3n) is 3.24. The predicted octanol–water partition coefficient (Wildman–Crippen LogP) is 1.55. The lowest BCUT2D eigenvalue weighted by Gasteiger charge is -2.34. The molecular formula is C12H17NO4. The maximum Gasteiger partial charge on any atom is 0.371 e. The fourth-order valence-corrected chi connectivity index (χ4v) is 1.98. The number of ether oxygens (including phenoxy) is 1. The molecule has 0 atom stereocenters. The molecule has 0 bridgehead atoms. The van der Waals surface area contributed by atoms with Crippen molar-refractivity contribution in [3.63, 3.8) is 0 Å². The van der Waals surface area contributed by atoms with Gasteiger partial charge in [-0.15, -0.1) is 0 Å². The highest BCUT2D eigenvalue weighted by atomic mass is 16.5. The van der Waals surface area contributed by atoms with Crippen LogP contribution in [0.25, 0.3) is 0 Å². The molecule has 0 aliphatic heterocycles. The second kappa shape index (κ2) is 4.89. The van der Waals surface area contributed by atoms with Crippen molar-refractivity contribution in [2.24, 2.45) is 0 Å². The Balaban J connectivity index is 1.85. The summed E-state index contributed by atoms with van der Waals surface area (Å²) < 4.78 is 10.3. The summed E-state index contributed by atoms with van der Waals surface area (Å²) >= 11 is 0. The van der Waals surface area contributed by atoms with Gasteiger partial charge in [0.15, 0.2) is 0 Å². The van der Waals surface area contributed by atoms with Gasteiger partial charge in [-0.05, 0) is 25.8 Å². The van der Waals surface area contributed by atoms with E-state index < -0.39 is 5.97 Å². The third-order valence-corrected chi connectivity index (χ3v) is 3.24. The summed E-state index contributed by atoms with van der Waals surface area (Å²) in [5.74, 6) is -0.359. The molecule has 2 N–H and O–H groups in total. The van der Waals surface area contributed by atoms with Crippen LogP contribution in [-0.2, 0) is 11.3 Å². The van der Waals surface area contributed by atoms with Crippen LogP contribution in [0.2, 0.25) is 0 Å². The van der Waals surface area contributed by atoms with Crippen LogP contribution in [0.3, 0.4) is 0 Å². The van der Waals surface area contributed by atoms with Gasteiger partial charge in [-0.3, -0.25) is 0 Å². The molecule has 1 saturated carbocycles. The summed E-state index contributed by atoms with van der Waals surface area (Å²) in [5, 5.41) is 12.2. The van der Waals surface area contributed by atoms with E-state index in [-0.39, 0.29) is 5.76 Å². The lowest BCUT2D eigenvalue weighted by atomic mass is 9.89. The Morgan fingerprint density at radius 2 is 2.35 bits per heavy atom. The van der Waals surface area contributed by atoms with E-state index in [4.69, 9.17) is 14.3 Å². The Morgan fingerprint density at radius 3 is 2.88 bits per heavy atom. The molecule has 0 spiro atoms. The number of aromatic carboxylic acids is 1. The van der Waals surface area contributed by atoms with E-state index >= 15 is 0 Å². The van der Waals surface area contributed by atoms with Crippen molar-refractivity contribution in [1.29, 1.82) is 0 Å². The van der Waals surface area contributed by atoms with Crippen molar-refractivity contribution in [2.45, 2.75) is 38.5 Å². The average molecular weight is 239 g/mol. The predicted molar refractivity (Wildman–Crippen MR) is 61.1 cm³/mol. The molecule has 0 saturated heterocycles. The molecule has 1 aliphatic carbocycles. The smallest absolute Gasteiger partial charge is 0.371 e. The van der Waals surface area contributed by atoms with E-state index in [0.717, 1.165) is 18.4 Å². The van der Waals surface area contributed by atoms with E-state index in [9.17, 15) is 4.79 Å². The van der Waals surface area contributed by atoms with Crippen LogP contribution in [0.15, 0.2) is 10.5 Å². The fraction of sp³-hybridized carbons (Fsp3) is 0.583. The summed E-state index contributed by atoms with van der Waals surface area (Å²) in [7, 11) is 1.72. The lowest BCUT2D eigenvalue weighted by molar-refractivity contribution is 0.0169. The van der Waals surface area contributed by atoms with Crippen molar-refractivity contribution >= 4 is 5.97 Å². The first kappa shape index (κ1) is 12.1. The van der Waals surface area contributed by atoms with E-state index in [2.05, 4.69) is 5.32 Å². The van der Waals surface area contributed by atoms with Gasteiger partial charge in [-0.2, -0.15) is 0 Å². The first-order valence-corrected chi connectivity index (χ1v) is 5.69. The van der Waals surface area contributed by atoms with Gasteiger partial charge in [0.1, 0.15) is 5.76 Å². The maximum absolute atomic E-state index is 10.7. The maximum atomic E-state index is 10.7. The molecule has 1 heterocycles. The molecular weight excluding hydrogens is 222 g/mol. The van der Waals surface area contributed by atoms with Gasteiger partial charge in [-0.25, -0.2) is 4.79 Å². The number of aryl methyl sites for hydroxylation is 1. The molecule has 17 heavy (non-hydrogen) atoms. The van der Waals surface area contributed by atoms with Gasteiger partial charge in [0.25, 0.3) is 0 Å². The molecule has 5 nitrogen and oxygen atoms in total. The summed E-state index contributed by atoms with van der Waals surface area (Å²) in [5.41, 5.74) is 0.906. The van der Waals surface area contributed by atoms with Crippen molar-refractivity contribution in [3.05, 3.63) is 23.2 Å². The van der Waals surface area contributed by atoms with Crippen molar-refractivity contribution in [1.82, 2.24) is 5.32 Å². The van der Waals surface area contributed by atoms with Crippen molar-refractivity contribution in [3.8, 4) is 0 Å². The number of carboxylic acid groups (broad SMARTS) is 1. The molecule has 0 unspecified atom stereocenters. The molecule has 0 amide bonds. The quantitative estimate of drug-likeness (QED) is 0.815. The van der Waals surface area contributed by atoms with Crippen LogP contribution in [0.5, 0.6) is 0 Å². The monoisotopic (exact) mass is 239 g/mol. The molecule has 0 radical (unpaired) electrons. The molecule has 2 rings (SSSR count). The number of carboxylic acids is 1. The van der Waals surface area contributed by atoms with Gasteiger partial charge < -0.3 is 19.6 Å². The van der Waals surface area contributed by atoms with Gasteiger partial charge >= 0.3 is 5.97 Å². The number of hydrogen-bond acceptors (Lipinski definition) is 4. The van der Waals surface area contributed by atoms with E-state index in [1.54, 1.807) is 20.1 Å². The van der Waals surface area contributed by atoms with Crippen LogP contribution >= 0.6 is 0 Å². The molecule has 1 aromatic rings. The highest BCUT2D eigenvalue weighted by Gasteiger charge is 2.28. The van der Waals surface area contributed by atoms with Crippen LogP contribution < -0.4 is 5.32 Å². The molecule has 0 aromatic carbocycles. The van der Waals surface area contributed by atoms with Gasteiger partial charge in [0, 0.05) is 25.3 Å². The van der Waals surface area contributed by atoms with Crippen LogP contribution in [-0.4, -0.2) is 30.3 Å². The number of methoxy groups -OCH3 is 1. The van der Waals surface area contributed by atoms with Crippen LogP contribution in [0, 0.1) is 6.92 Å². The molecule has 1 aromatic heterocycles. The third kappa shape index (κ3) is 2.68. The first-order valence-electron chi connectivity index (χ1n) is 5.69. The summed E-state index contributed by atoms with van der Waals surface area (Å²) in [6.07, 6.45) is 2.39. The van der Waals surface area contributed by atoms with Crippen molar-refractivity contribution < 1.29 is 19.1 Å². The number of carbonyl (C=O) groups is 1. The Kier molecular flexibility index (Phi) is 3.49. The summed E-state index contributed by atoms with van der Waals surface area (Å²) in [6.45, 7) is 2.42. The second-order valence-corrected chi connectivity index (χ2v) is 4.40. The van der Waals surface area contributed by atoms with E-state index in [1.807, 2.05) is 0 Å². The Labute approximate surface area is 99.8 Å². The fourth-order valence-electron chi connectivity index (χ4n) is 1.98. The molecule has 94 valence electrons. The zero-order valence-electron chi connectivity index (χ0n) is 10.0. The van der Waals surface area contributed by atoms with Crippen LogP contribution in [0.4, 0.5) is 0 Å². The summed E-state index contributed by atoms with van der Waals surface area (Å²) in [6, 6.07) is 2.04. The Bertz CT molecular complexity index is 407. The number of hydrogen-bond donors (Lipinski definition) is 2. The summed E-state index contributed by atoms with van der Waals surface area (Å²) in [4.78, 5) is 10.7. The Hall–Kier alpha value is -1.33. The SMILES string of the molecule is COC1CC(NCc2cc(C(=O)O)oc2C)C1. The minimum Gasteiger partial charge on any atom is -0.475 e. The molecule has 5 heteroatoms. The van der Waals surface area contributed by atoms with Crippen molar-refractivity contribution in [2.75, 3.05) is 7.11 Å². The zero-order valence-corrected chi connectivity index (χ0v) is 10.0.